The number of ketones is 1. The molecule has 1 aromatic carbocycles. The molecule has 0 fully saturated rings. The highest BCUT2D eigenvalue weighted by atomic mass is 16.2. The van der Waals surface area contributed by atoms with E-state index in [9.17, 15) is 9.59 Å². The molecule has 1 aromatic heterocycles. The number of hydrogen-bond donors (Lipinski definition) is 2. The van der Waals surface area contributed by atoms with Crippen molar-refractivity contribution < 1.29 is 9.59 Å². The van der Waals surface area contributed by atoms with Gasteiger partial charge in [-0.25, -0.2) is 14.8 Å². The van der Waals surface area contributed by atoms with Crippen molar-refractivity contribution in [1.82, 2.24) is 9.97 Å². The van der Waals surface area contributed by atoms with E-state index in [4.69, 9.17) is 0 Å². The molecule has 2 N–H and O–H groups in total. The monoisotopic (exact) mass is 256 g/mol. The van der Waals surface area contributed by atoms with Crippen molar-refractivity contribution in [3.8, 4) is 0 Å². The third-order valence-corrected chi connectivity index (χ3v) is 2.37. The Morgan fingerprint density at radius 1 is 0.947 bits per heavy atom. The number of aromatic nitrogens is 2. The molecule has 2 amide bonds. The first-order valence-electron chi connectivity index (χ1n) is 5.59. The van der Waals surface area contributed by atoms with Gasteiger partial charge in [0.1, 0.15) is 6.33 Å². The highest BCUT2D eigenvalue weighted by molar-refractivity contribution is 6.00. The standard InChI is InChI=1S/C13H12N4O2/c1-9(18)10-2-4-11(5-3-10)16-13(19)17-12-6-14-8-15-7-12/h2-8H,1H3,(H2,16,17,19). The van der Waals surface area contributed by atoms with Crippen LogP contribution in [0.3, 0.4) is 0 Å². The molecule has 19 heavy (non-hydrogen) atoms. The fraction of sp³-hybridized carbons (Fsp3) is 0.0769. The number of benzene rings is 1. The Morgan fingerprint density at radius 2 is 1.53 bits per heavy atom. The second kappa shape index (κ2) is 5.72. The number of nitrogens with zero attached hydrogens (tertiary/aromatic N) is 2. The minimum Gasteiger partial charge on any atom is -0.308 e. The largest absolute Gasteiger partial charge is 0.323 e. The van der Waals surface area contributed by atoms with E-state index in [0.717, 1.165) is 0 Å². The molecule has 0 aliphatic rings. The summed E-state index contributed by atoms with van der Waals surface area (Å²) in [6.07, 6.45) is 4.36. The SMILES string of the molecule is CC(=O)c1ccc(NC(=O)Nc2cncnc2)cc1. The van der Waals surface area contributed by atoms with Crippen LogP contribution in [0.2, 0.25) is 0 Å². The molecule has 0 saturated heterocycles. The summed E-state index contributed by atoms with van der Waals surface area (Å²) in [7, 11) is 0. The van der Waals surface area contributed by atoms with Gasteiger partial charge in [-0.3, -0.25) is 4.79 Å². The fourth-order valence-corrected chi connectivity index (χ4v) is 1.45. The van der Waals surface area contributed by atoms with E-state index >= 15 is 0 Å². The molecule has 0 bridgehead atoms. The topological polar surface area (TPSA) is 84.0 Å². The Kier molecular flexibility index (Phi) is 3.82. The normalized spacial score (nSPS) is 9.74. The molecule has 96 valence electrons. The van der Waals surface area contributed by atoms with E-state index in [1.54, 1.807) is 24.3 Å². The van der Waals surface area contributed by atoms with Gasteiger partial charge in [-0.1, -0.05) is 0 Å². The first kappa shape index (κ1) is 12.7. The second-order valence-electron chi connectivity index (χ2n) is 3.84. The average Bonchev–Trinajstić information content (AvgIpc) is 2.40. The van der Waals surface area contributed by atoms with Gasteiger partial charge in [0.2, 0.25) is 0 Å². The summed E-state index contributed by atoms with van der Waals surface area (Å²) in [5.74, 6) is -0.0163. The molecule has 0 atom stereocenters. The van der Waals surface area contributed by atoms with Crippen molar-refractivity contribution in [2.75, 3.05) is 10.6 Å². The van der Waals surface area contributed by atoms with E-state index in [1.165, 1.54) is 25.6 Å². The van der Waals surface area contributed by atoms with Crippen molar-refractivity contribution in [2.45, 2.75) is 6.92 Å². The second-order valence-corrected chi connectivity index (χ2v) is 3.84. The number of hydrogen-bond acceptors (Lipinski definition) is 4. The Hall–Kier alpha value is -2.76. The Morgan fingerprint density at radius 3 is 2.11 bits per heavy atom. The van der Waals surface area contributed by atoms with Crippen LogP contribution in [0.1, 0.15) is 17.3 Å². The van der Waals surface area contributed by atoms with Gasteiger partial charge in [0, 0.05) is 11.3 Å². The summed E-state index contributed by atoms with van der Waals surface area (Å²) in [6, 6.07) is 6.24. The minimum atomic E-state index is -0.398. The smallest absolute Gasteiger partial charge is 0.308 e. The van der Waals surface area contributed by atoms with Gasteiger partial charge >= 0.3 is 6.03 Å². The Labute approximate surface area is 109 Å². The molecular formula is C13H12N4O2. The first-order chi connectivity index (χ1) is 9.15. The van der Waals surface area contributed by atoms with E-state index in [2.05, 4.69) is 20.6 Å². The predicted octanol–water partition coefficient (Wildman–Crippen LogP) is 2.32. The van der Waals surface area contributed by atoms with E-state index in [-0.39, 0.29) is 5.78 Å². The molecule has 0 aliphatic carbocycles. The van der Waals surface area contributed by atoms with E-state index < -0.39 is 6.03 Å². The van der Waals surface area contributed by atoms with Crippen molar-refractivity contribution in [2.24, 2.45) is 0 Å². The number of carbonyl (C=O) groups is 2. The number of urea groups is 1. The Bertz CT molecular complexity index is 581. The van der Waals surface area contributed by atoms with Gasteiger partial charge in [-0.15, -0.1) is 0 Å². The third-order valence-electron chi connectivity index (χ3n) is 2.37. The summed E-state index contributed by atoms with van der Waals surface area (Å²) < 4.78 is 0. The lowest BCUT2D eigenvalue weighted by atomic mass is 10.1. The summed E-state index contributed by atoms with van der Waals surface area (Å²) in [5, 5.41) is 5.23. The third kappa shape index (κ3) is 3.60. The zero-order valence-corrected chi connectivity index (χ0v) is 10.3. The maximum atomic E-state index is 11.7. The molecule has 0 aliphatic heterocycles. The van der Waals surface area contributed by atoms with Gasteiger partial charge in [0.25, 0.3) is 0 Å². The quantitative estimate of drug-likeness (QED) is 0.825. The molecule has 6 nitrogen and oxygen atoms in total. The number of anilines is 2. The average molecular weight is 256 g/mol. The van der Waals surface area contributed by atoms with Crippen LogP contribution in [-0.2, 0) is 0 Å². The summed E-state index contributed by atoms with van der Waals surface area (Å²) in [4.78, 5) is 30.3. The van der Waals surface area contributed by atoms with Crippen molar-refractivity contribution >= 4 is 23.2 Å². The molecule has 0 radical (unpaired) electrons. The highest BCUT2D eigenvalue weighted by Crippen LogP contribution is 2.10. The number of nitrogens with one attached hydrogen (secondary N) is 2. The van der Waals surface area contributed by atoms with Crippen LogP contribution in [0, 0.1) is 0 Å². The number of Topliss-reactive ketones (excluding diaryl/α,β-unsaturated/α-hetero) is 1. The zero-order valence-electron chi connectivity index (χ0n) is 10.3. The van der Waals surface area contributed by atoms with Crippen molar-refractivity contribution in [3.63, 3.8) is 0 Å². The zero-order chi connectivity index (χ0) is 13.7. The predicted molar refractivity (Wildman–Crippen MR) is 71.1 cm³/mol. The van der Waals surface area contributed by atoms with E-state index in [1.807, 2.05) is 0 Å². The van der Waals surface area contributed by atoms with Crippen molar-refractivity contribution in [3.05, 3.63) is 48.5 Å². The summed E-state index contributed by atoms with van der Waals surface area (Å²) >= 11 is 0. The summed E-state index contributed by atoms with van der Waals surface area (Å²) in [6.45, 7) is 1.49. The molecule has 1 heterocycles. The first-order valence-corrected chi connectivity index (χ1v) is 5.59. The van der Waals surface area contributed by atoms with Gasteiger partial charge in [-0.2, -0.15) is 0 Å². The number of rotatable bonds is 3. The Balaban J connectivity index is 1.97. The van der Waals surface area contributed by atoms with Crippen LogP contribution in [-0.4, -0.2) is 21.8 Å². The molecule has 6 heteroatoms. The number of amides is 2. The molecule has 0 unspecified atom stereocenters. The lowest BCUT2D eigenvalue weighted by Crippen LogP contribution is -2.19. The van der Waals surface area contributed by atoms with Gasteiger partial charge < -0.3 is 10.6 Å². The van der Waals surface area contributed by atoms with Crippen LogP contribution in [0.15, 0.2) is 43.0 Å². The van der Waals surface area contributed by atoms with Crippen LogP contribution >= 0.6 is 0 Å². The maximum Gasteiger partial charge on any atom is 0.323 e. The van der Waals surface area contributed by atoms with E-state index in [0.29, 0.717) is 16.9 Å². The highest BCUT2D eigenvalue weighted by Gasteiger charge is 2.04. The van der Waals surface area contributed by atoms with Gasteiger partial charge in [-0.05, 0) is 31.2 Å². The molecule has 0 saturated carbocycles. The van der Waals surface area contributed by atoms with Gasteiger partial charge in [0.05, 0.1) is 18.1 Å². The molecular weight excluding hydrogens is 244 g/mol. The fourth-order valence-electron chi connectivity index (χ4n) is 1.45. The van der Waals surface area contributed by atoms with Gasteiger partial charge in [0.15, 0.2) is 5.78 Å². The molecule has 2 rings (SSSR count). The maximum absolute atomic E-state index is 11.7. The van der Waals surface area contributed by atoms with Crippen LogP contribution in [0.5, 0.6) is 0 Å². The van der Waals surface area contributed by atoms with Crippen LogP contribution < -0.4 is 10.6 Å². The lowest BCUT2D eigenvalue weighted by Gasteiger charge is -2.07. The number of carbonyl (C=O) groups excluding carboxylic acids is 2. The van der Waals surface area contributed by atoms with Crippen LogP contribution in [0.25, 0.3) is 0 Å². The molecule has 0 spiro atoms. The summed E-state index contributed by atoms with van der Waals surface area (Å²) in [5.41, 5.74) is 1.70. The molecule has 2 aromatic rings. The lowest BCUT2D eigenvalue weighted by molar-refractivity contribution is 0.101. The minimum absolute atomic E-state index is 0.0163. The van der Waals surface area contributed by atoms with Crippen LogP contribution in [0.4, 0.5) is 16.2 Å². The van der Waals surface area contributed by atoms with Crippen molar-refractivity contribution in [1.29, 1.82) is 0 Å².